The van der Waals surface area contributed by atoms with E-state index in [1.54, 1.807) is 76.6 Å². The van der Waals surface area contributed by atoms with Gasteiger partial charge in [0.25, 0.3) is 10.0 Å². The number of aliphatic hydroxyl groups is 1. The highest BCUT2D eigenvalue weighted by Crippen LogP contribution is 2.26. The first-order chi connectivity index (χ1) is 15.6. The van der Waals surface area contributed by atoms with Crippen LogP contribution in [0.15, 0.2) is 59.8 Å². The van der Waals surface area contributed by atoms with Crippen LogP contribution in [0.2, 0.25) is 0 Å². The second-order valence-corrected chi connectivity index (χ2v) is 10.0. The Morgan fingerprint density at radius 2 is 1.42 bits per heavy atom. The van der Waals surface area contributed by atoms with Crippen molar-refractivity contribution in [1.82, 2.24) is 14.1 Å². The summed E-state index contributed by atoms with van der Waals surface area (Å²) >= 11 is 0. The molecule has 0 amide bonds. The summed E-state index contributed by atoms with van der Waals surface area (Å²) in [6.07, 6.45) is 0.988. The molecule has 0 spiro atoms. The maximum atomic E-state index is 14.8. The highest BCUT2D eigenvalue weighted by atomic mass is 32.2. The van der Waals surface area contributed by atoms with E-state index < -0.39 is 26.4 Å². The SMILES string of the molecule is COc1ccc(CN(Cc2ccc(OC)cc2)S(=O)(=O)c2nn(C(C)(C)CO)cc2F)cc1. The van der Waals surface area contributed by atoms with Crippen molar-refractivity contribution in [1.29, 1.82) is 0 Å². The van der Waals surface area contributed by atoms with Gasteiger partial charge in [0.1, 0.15) is 11.5 Å². The Morgan fingerprint density at radius 1 is 0.970 bits per heavy atom. The molecule has 0 aliphatic carbocycles. The van der Waals surface area contributed by atoms with Gasteiger partial charge in [-0.05, 0) is 49.2 Å². The van der Waals surface area contributed by atoms with Gasteiger partial charge in [0.15, 0.2) is 5.82 Å². The summed E-state index contributed by atoms with van der Waals surface area (Å²) in [5, 5.41) is 12.9. The van der Waals surface area contributed by atoms with Crippen LogP contribution in [0.3, 0.4) is 0 Å². The molecule has 0 saturated heterocycles. The molecule has 0 saturated carbocycles. The Morgan fingerprint density at radius 3 is 1.82 bits per heavy atom. The monoisotopic (exact) mass is 477 g/mol. The molecule has 0 aliphatic heterocycles. The molecule has 8 nitrogen and oxygen atoms in total. The summed E-state index contributed by atoms with van der Waals surface area (Å²) < 4.78 is 54.5. The number of hydrogen-bond acceptors (Lipinski definition) is 6. The lowest BCUT2D eigenvalue weighted by Crippen LogP contribution is -2.33. The number of halogens is 1. The lowest BCUT2D eigenvalue weighted by Gasteiger charge is -2.23. The molecule has 33 heavy (non-hydrogen) atoms. The van der Waals surface area contributed by atoms with Gasteiger partial charge in [-0.3, -0.25) is 4.68 Å². The number of benzene rings is 2. The Kier molecular flexibility index (Phi) is 7.41. The van der Waals surface area contributed by atoms with Crippen LogP contribution in [0, 0.1) is 5.82 Å². The summed E-state index contributed by atoms with van der Waals surface area (Å²) in [5.41, 5.74) is 0.428. The van der Waals surface area contributed by atoms with E-state index in [-0.39, 0.29) is 19.7 Å². The van der Waals surface area contributed by atoms with E-state index in [9.17, 15) is 17.9 Å². The van der Waals surface area contributed by atoms with Crippen LogP contribution in [0.5, 0.6) is 11.5 Å². The number of ether oxygens (including phenoxy) is 2. The molecule has 0 radical (unpaired) electrons. The second-order valence-electron chi connectivity index (χ2n) is 8.17. The van der Waals surface area contributed by atoms with E-state index in [1.165, 1.54) is 0 Å². The second kappa shape index (κ2) is 9.90. The Bertz CT molecular complexity index is 1130. The van der Waals surface area contributed by atoms with Crippen LogP contribution < -0.4 is 9.47 Å². The molecule has 1 aromatic heterocycles. The van der Waals surface area contributed by atoms with E-state index in [1.807, 2.05) is 0 Å². The fraction of sp³-hybridized carbons (Fsp3) is 0.348. The fourth-order valence-corrected chi connectivity index (χ4v) is 4.48. The maximum absolute atomic E-state index is 14.8. The van der Waals surface area contributed by atoms with E-state index >= 15 is 0 Å². The van der Waals surface area contributed by atoms with Crippen molar-refractivity contribution in [3.05, 3.63) is 71.7 Å². The van der Waals surface area contributed by atoms with Crippen LogP contribution in [0.25, 0.3) is 0 Å². The standard InChI is InChI=1S/C23H28FN3O5S/c1-23(2,16-28)27-15-21(24)22(25-27)33(29,30)26(13-17-5-9-19(31-3)10-6-17)14-18-7-11-20(32-4)12-8-18/h5-12,15,28H,13-14,16H2,1-4H3. The van der Waals surface area contributed by atoms with Crippen molar-refractivity contribution < 1.29 is 27.4 Å². The molecule has 0 aliphatic rings. The number of methoxy groups -OCH3 is 2. The zero-order valence-electron chi connectivity index (χ0n) is 19.0. The first-order valence-electron chi connectivity index (χ1n) is 10.2. The first kappa shape index (κ1) is 24.7. The third kappa shape index (κ3) is 5.52. The topological polar surface area (TPSA) is 93.9 Å². The number of sulfonamides is 1. The molecular weight excluding hydrogens is 449 g/mol. The van der Waals surface area contributed by atoms with Gasteiger partial charge in [0.2, 0.25) is 5.03 Å². The van der Waals surface area contributed by atoms with Crippen LogP contribution in [0.1, 0.15) is 25.0 Å². The van der Waals surface area contributed by atoms with E-state index in [0.717, 1.165) is 15.2 Å². The minimum Gasteiger partial charge on any atom is -0.497 e. The third-order valence-electron chi connectivity index (χ3n) is 5.27. The normalized spacial score (nSPS) is 12.2. The lowest BCUT2D eigenvalue weighted by atomic mass is 10.1. The molecule has 178 valence electrons. The van der Waals surface area contributed by atoms with Gasteiger partial charge >= 0.3 is 0 Å². The predicted molar refractivity (Wildman–Crippen MR) is 121 cm³/mol. The number of rotatable bonds is 10. The smallest absolute Gasteiger partial charge is 0.265 e. The van der Waals surface area contributed by atoms with Gasteiger partial charge in [-0.15, -0.1) is 0 Å². The molecule has 1 N–H and O–H groups in total. The summed E-state index contributed by atoms with van der Waals surface area (Å²) in [4.78, 5) is 0. The van der Waals surface area contributed by atoms with Crippen molar-refractivity contribution in [2.75, 3.05) is 20.8 Å². The highest BCUT2D eigenvalue weighted by molar-refractivity contribution is 7.89. The van der Waals surface area contributed by atoms with Gasteiger partial charge in [-0.1, -0.05) is 24.3 Å². The Hall–Kier alpha value is -2.95. The van der Waals surface area contributed by atoms with Crippen LogP contribution >= 0.6 is 0 Å². The largest absolute Gasteiger partial charge is 0.497 e. The molecule has 3 rings (SSSR count). The minimum absolute atomic E-state index is 0.00590. The zero-order chi connectivity index (χ0) is 24.2. The van der Waals surface area contributed by atoms with Gasteiger partial charge in [-0.25, -0.2) is 12.8 Å². The average Bonchev–Trinajstić information content (AvgIpc) is 3.23. The van der Waals surface area contributed by atoms with E-state index in [0.29, 0.717) is 22.6 Å². The zero-order valence-corrected chi connectivity index (χ0v) is 19.8. The molecule has 0 bridgehead atoms. The Balaban J connectivity index is 2.00. The van der Waals surface area contributed by atoms with Gasteiger partial charge < -0.3 is 14.6 Å². The number of nitrogens with zero attached hydrogens (tertiary/aromatic N) is 3. The van der Waals surface area contributed by atoms with Crippen molar-refractivity contribution in [3.8, 4) is 11.5 Å². The lowest BCUT2D eigenvalue weighted by molar-refractivity contribution is 0.150. The van der Waals surface area contributed by atoms with Gasteiger partial charge in [0, 0.05) is 13.1 Å². The number of aliphatic hydroxyl groups excluding tert-OH is 1. The van der Waals surface area contributed by atoms with Crippen molar-refractivity contribution in [2.45, 2.75) is 37.5 Å². The van der Waals surface area contributed by atoms with Crippen LogP contribution in [0.4, 0.5) is 4.39 Å². The first-order valence-corrected chi connectivity index (χ1v) is 11.7. The third-order valence-corrected chi connectivity index (χ3v) is 6.97. The van der Waals surface area contributed by atoms with Gasteiger partial charge in [-0.2, -0.15) is 9.40 Å². The summed E-state index contributed by atoms with van der Waals surface area (Å²) in [6.45, 7) is 2.90. The average molecular weight is 478 g/mol. The van der Waals surface area contributed by atoms with E-state index in [2.05, 4.69) is 5.10 Å². The summed E-state index contributed by atoms with van der Waals surface area (Å²) in [5.74, 6) is 0.296. The highest BCUT2D eigenvalue weighted by Gasteiger charge is 2.33. The summed E-state index contributed by atoms with van der Waals surface area (Å²) in [7, 11) is -1.24. The molecule has 10 heteroatoms. The van der Waals surface area contributed by atoms with E-state index in [4.69, 9.17) is 9.47 Å². The summed E-state index contributed by atoms with van der Waals surface area (Å²) in [6, 6.07) is 13.9. The Labute approximate surface area is 193 Å². The molecule has 0 unspecified atom stereocenters. The van der Waals surface area contributed by atoms with Crippen molar-refractivity contribution in [3.63, 3.8) is 0 Å². The molecule has 1 heterocycles. The van der Waals surface area contributed by atoms with Gasteiger partial charge in [0.05, 0.1) is 32.6 Å². The minimum atomic E-state index is -4.32. The van der Waals surface area contributed by atoms with Crippen molar-refractivity contribution in [2.24, 2.45) is 0 Å². The molecule has 0 fully saturated rings. The quantitative estimate of drug-likeness (QED) is 0.482. The molecule has 0 atom stereocenters. The maximum Gasteiger partial charge on any atom is 0.265 e. The number of hydrogen-bond donors (Lipinski definition) is 1. The molecular formula is C23H28FN3O5S. The van der Waals surface area contributed by atoms with Crippen LogP contribution in [-0.4, -0.2) is 48.4 Å². The fourth-order valence-electron chi connectivity index (χ4n) is 3.11. The molecule has 2 aromatic carbocycles. The van der Waals surface area contributed by atoms with Crippen LogP contribution in [-0.2, 0) is 28.7 Å². The molecule has 3 aromatic rings. The van der Waals surface area contributed by atoms with Crippen molar-refractivity contribution >= 4 is 10.0 Å². The number of aromatic nitrogens is 2. The predicted octanol–water partition coefficient (Wildman–Crippen LogP) is 3.16.